The Labute approximate surface area is 95.4 Å². The van der Waals surface area contributed by atoms with Gasteiger partial charge in [0, 0.05) is 12.6 Å². The van der Waals surface area contributed by atoms with Crippen LogP contribution in [-0.2, 0) is 0 Å². The van der Waals surface area contributed by atoms with E-state index in [-0.39, 0.29) is 0 Å². The average Bonchev–Trinajstić information content (AvgIpc) is 2.73. The summed E-state index contributed by atoms with van der Waals surface area (Å²) in [7, 11) is 1.91. The van der Waals surface area contributed by atoms with E-state index in [0.717, 1.165) is 17.1 Å². The van der Waals surface area contributed by atoms with Gasteiger partial charge in [-0.3, -0.25) is 0 Å². The molecule has 0 aliphatic rings. The summed E-state index contributed by atoms with van der Waals surface area (Å²) >= 11 is 0. The lowest BCUT2D eigenvalue weighted by molar-refractivity contribution is 0.885. The summed E-state index contributed by atoms with van der Waals surface area (Å²) in [6.45, 7) is 2.00. The third-order valence-corrected chi connectivity index (χ3v) is 2.38. The summed E-state index contributed by atoms with van der Waals surface area (Å²) in [6, 6.07) is 10.1. The molecular weight excluding hydrogens is 198 g/mol. The second-order valence-electron chi connectivity index (χ2n) is 3.45. The van der Waals surface area contributed by atoms with Gasteiger partial charge in [0.05, 0.1) is 11.9 Å². The number of nitrogens with one attached hydrogen (secondary N) is 1. The first kappa shape index (κ1) is 10.5. The molecule has 2 rings (SSSR count). The Bertz CT molecular complexity index is 483. The summed E-state index contributed by atoms with van der Waals surface area (Å²) in [4.78, 5) is 0. The molecule has 0 atom stereocenters. The van der Waals surface area contributed by atoms with Gasteiger partial charge in [-0.2, -0.15) is 5.10 Å². The summed E-state index contributed by atoms with van der Waals surface area (Å²) in [5.41, 5.74) is 2.15. The van der Waals surface area contributed by atoms with Crippen LogP contribution in [0.5, 0.6) is 0 Å². The van der Waals surface area contributed by atoms with E-state index < -0.39 is 0 Å². The molecule has 0 unspecified atom stereocenters. The Balaban J connectivity index is 2.50. The number of rotatable bonds is 3. The second-order valence-corrected chi connectivity index (χ2v) is 3.45. The van der Waals surface area contributed by atoms with E-state index >= 15 is 0 Å². The number of benzene rings is 1. The molecule has 1 aromatic heterocycles. The zero-order valence-electron chi connectivity index (χ0n) is 9.51. The highest BCUT2D eigenvalue weighted by molar-refractivity contribution is 5.64. The van der Waals surface area contributed by atoms with Crippen LogP contribution in [0.1, 0.15) is 12.5 Å². The zero-order chi connectivity index (χ0) is 11.4. The van der Waals surface area contributed by atoms with Gasteiger partial charge >= 0.3 is 0 Å². The third-order valence-electron chi connectivity index (χ3n) is 2.38. The van der Waals surface area contributed by atoms with Crippen molar-refractivity contribution < 1.29 is 0 Å². The summed E-state index contributed by atoms with van der Waals surface area (Å²) < 4.78 is 1.90. The largest absolute Gasteiger partial charge is 0.373 e. The van der Waals surface area contributed by atoms with Crippen LogP contribution in [-0.4, -0.2) is 16.8 Å². The predicted octanol–water partition coefficient (Wildman–Crippen LogP) is 2.95. The van der Waals surface area contributed by atoms with Crippen molar-refractivity contribution in [3.05, 3.63) is 48.2 Å². The molecule has 3 nitrogen and oxygen atoms in total. The lowest BCUT2D eigenvalue weighted by Crippen LogP contribution is -2.02. The van der Waals surface area contributed by atoms with E-state index in [1.54, 1.807) is 0 Å². The highest BCUT2D eigenvalue weighted by Gasteiger charge is 2.07. The molecule has 1 N–H and O–H groups in total. The van der Waals surface area contributed by atoms with Gasteiger partial charge in [-0.1, -0.05) is 30.4 Å². The Hall–Kier alpha value is -2.03. The van der Waals surface area contributed by atoms with Gasteiger partial charge in [0.1, 0.15) is 5.82 Å². The molecule has 0 aliphatic heterocycles. The molecule has 3 heteroatoms. The Morgan fingerprint density at radius 3 is 2.62 bits per heavy atom. The molecule has 0 radical (unpaired) electrons. The van der Waals surface area contributed by atoms with Crippen LogP contribution < -0.4 is 5.32 Å². The van der Waals surface area contributed by atoms with Crippen molar-refractivity contribution in [2.45, 2.75) is 6.92 Å². The number of hydrogen-bond donors (Lipinski definition) is 1. The quantitative estimate of drug-likeness (QED) is 0.849. The highest BCUT2D eigenvalue weighted by atomic mass is 15.3. The van der Waals surface area contributed by atoms with Crippen molar-refractivity contribution in [1.82, 2.24) is 9.78 Å². The Morgan fingerprint density at radius 1 is 1.25 bits per heavy atom. The number of para-hydroxylation sites is 1. The summed E-state index contributed by atoms with van der Waals surface area (Å²) in [5, 5.41) is 7.56. The van der Waals surface area contributed by atoms with Gasteiger partial charge < -0.3 is 5.32 Å². The van der Waals surface area contributed by atoms with Gasteiger partial charge in [0.25, 0.3) is 0 Å². The molecule has 1 aromatic carbocycles. The molecule has 1 heterocycles. The molecule has 0 fully saturated rings. The average molecular weight is 213 g/mol. The van der Waals surface area contributed by atoms with Crippen molar-refractivity contribution in [3.8, 4) is 5.69 Å². The van der Waals surface area contributed by atoms with Gasteiger partial charge in [-0.25, -0.2) is 4.68 Å². The number of anilines is 1. The first-order valence-corrected chi connectivity index (χ1v) is 5.30. The molecule has 82 valence electrons. The van der Waals surface area contributed by atoms with Crippen LogP contribution in [0.25, 0.3) is 11.8 Å². The van der Waals surface area contributed by atoms with Gasteiger partial charge in [-0.05, 0) is 19.1 Å². The minimum Gasteiger partial charge on any atom is -0.373 e. The number of allylic oxidation sites excluding steroid dienone is 1. The minimum absolute atomic E-state index is 1.00. The zero-order valence-corrected chi connectivity index (χ0v) is 9.51. The normalized spacial score (nSPS) is 10.9. The monoisotopic (exact) mass is 213 g/mol. The van der Waals surface area contributed by atoms with Gasteiger partial charge in [0.15, 0.2) is 0 Å². The van der Waals surface area contributed by atoms with Crippen LogP contribution >= 0.6 is 0 Å². The lowest BCUT2D eigenvalue weighted by atomic mass is 10.3. The van der Waals surface area contributed by atoms with Crippen molar-refractivity contribution >= 4 is 11.9 Å². The summed E-state index contributed by atoms with van der Waals surface area (Å²) in [6.07, 6.45) is 5.91. The van der Waals surface area contributed by atoms with E-state index in [1.165, 1.54) is 0 Å². The SMILES string of the molecule is C/C=C\c1cnn(-c2ccccc2)c1NC. The maximum Gasteiger partial charge on any atom is 0.136 e. The molecule has 0 aliphatic carbocycles. The lowest BCUT2D eigenvalue weighted by Gasteiger charge is -2.07. The van der Waals surface area contributed by atoms with Gasteiger partial charge in [0.2, 0.25) is 0 Å². The van der Waals surface area contributed by atoms with Gasteiger partial charge in [-0.15, -0.1) is 0 Å². The van der Waals surface area contributed by atoms with E-state index in [9.17, 15) is 0 Å². The standard InChI is InChI=1S/C13H15N3/c1-3-7-11-10-15-16(13(11)14-2)12-8-5-4-6-9-12/h3-10,14H,1-2H3/b7-3-. The van der Waals surface area contributed by atoms with Crippen LogP contribution in [0, 0.1) is 0 Å². The number of nitrogens with zero attached hydrogens (tertiary/aromatic N) is 2. The molecule has 0 bridgehead atoms. The van der Waals surface area contributed by atoms with E-state index in [2.05, 4.69) is 10.4 Å². The molecule has 2 aromatic rings. The van der Waals surface area contributed by atoms with E-state index in [1.807, 2.05) is 67.3 Å². The molecule has 16 heavy (non-hydrogen) atoms. The molecular formula is C13H15N3. The Kier molecular flexibility index (Phi) is 3.05. The first-order chi connectivity index (χ1) is 7.86. The van der Waals surface area contributed by atoms with Crippen molar-refractivity contribution in [2.75, 3.05) is 12.4 Å². The molecule has 0 amide bonds. The third kappa shape index (κ3) is 1.84. The molecule has 0 saturated carbocycles. The van der Waals surface area contributed by atoms with Crippen molar-refractivity contribution in [1.29, 1.82) is 0 Å². The maximum atomic E-state index is 4.38. The van der Waals surface area contributed by atoms with Crippen molar-refractivity contribution in [3.63, 3.8) is 0 Å². The van der Waals surface area contributed by atoms with Crippen LogP contribution in [0.2, 0.25) is 0 Å². The second kappa shape index (κ2) is 4.66. The van der Waals surface area contributed by atoms with Crippen LogP contribution in [0.15, 0.2) is 42.6 Å². The number of aromatic nitrogens is 2. The first-order valence-electron chi connectivity index (χ1n) is 5.30. The fourth-order valence-corrected chi connectivity index (χ4v) is 1.68. The fraction of sp³-hybridized carbons (Fsp3) is 0.154. The Morgan fingerprint density at radius 2 is 2.00 bits per heavy atom. The topological polar surface area (TPSA) is 29.9 Å². The van der Waals surface area contributed by atoms with Crippen LogP contribution in [0.3, 0.4) is 0 Å². The highest BCUT2D eigenvalue weighted by Crippen LogP contribution is 2.20. The smallest absolute Gasteiger partial charge is 0.136 e. The molecule has 0 saturated heterocycles. The predicted molar refractivity (Wildman–Crippen MR) is 67.8 cm³/mol. The van der Waals surface area contributed by atoms with Crippen molar-refractivity contribution in [2.24, 2.45) is 0 Å². The number of hydrogen-bond acceptors (Lipinski definition) is 2. The fourth-order valence-electron chi connectivity index (χ4n) is 1.68. The minimum atomic E-state index is 1.00. The maximum absolute atomic E-state index is 4.38. The van der Waals surface area contributed by atoms with E-state index in [4.69, 9.17) is 0 Å². The van der Waals surface area contributed by atoms with Crippen LogP contribution in [0.4, 0.5) is 5.82 Å². The summed E-state index contributed by atoms with van der Waals surface area (Å²) in [5.74, 6) is 1.00. The van der Waals surface area contributed by atoms with E-state index in [0.29, 0.717) is 0 Å². The molecule has 0 spiro atoms.